The molecule has 13 heteroatoms. The van der Waals surface area contributed by atoms with E-state index in [4.69, 9.17) is 4.74 Å². The number of rotatable bonds is 3. The molecule has 0 unspecified atom stereocenters. The van der Waals surface area contributed by atoms with Crippen LogP contribution in [0.2, 0.25) is 0 Å². The lowest BCUT2D eigenvalue weighted by atomic mass is 9.88. The largest absolute Gasteiger partial charge is 0.451 e. The van der Waals surface area contributed by atoms with E-state index in [-0.39, 0.29) is 12.5 Å². The smallest absolute Gasteiger partial charge is 0.381 e. The van der Waals surface area contributed by atoms with Crippen molar-refractivity contribution in [2.24, 2.45) is 5.92 Å². The molecule has 2 aromatic heterocycles. The van der Waals surface area contributed by atoms with Crippen LogP contribution in [0.3, 0.4) is 0 Å². The second-order valence-corrected chi connectivity index (χ2v) is 9.68. The highest BCUT2D eigenvalue weighted by atomic mass is 79.9. The maximum atomic E-state index is 13.4. The second kappa shape index (κ2) is 8.91. The molecule has 5 rings (SSSR count). The first kappa shape index (κ1) is 24.3. The molecule has 1 N–H and O–H groups in total. The van der Waals surface area contributed by atoms with Crippen molar-refractivity contribution in [2.75, 3.05) is 24.7 Å². The molecule has 1 saturated heterocycles. The van der Waals surface area contributed by atoms with Crippen molar-refractivity contribution in [3.63, 3.8) is 0 Å². The molecule has 1 fully saturated rings. The van der Waals surface area contributed by atoms with Crippen LogP contribution in [-0.2, 0) is 23.5 Å². The van der Waals surface area contributed by atoms with E-state index in [2.05, 4.69) is 35.9 Å². The molecule has 1 aromatic carbocycles. The van der Waals surface area contributed by atoms with Gasteiger partial charge in [0.2, 0.25) is 17.6 Å². The van der Waals surface area contributed by atoms with Crippen LogP contribution in [0, 0.1) is 5.92 Å². The summed E-state index contributed by atoms with van der Waals surface area (Å²) >= 11 is 3.46. The van der Waals surface area contributed by atoms with Gasteiger partial charge in [-0.05, 0) is 55.4 Å². The van der Waals surface area contributed by atoms with Gasteiger partial charge in [-0.1, -0.05) is 15.9 Å². The van der Waals surface area contributed by atoms with Gasteiger partial charge in [0, 0.05) is 40.8 Å². The summed E-state index contributed by atoms with van der Waals surface area (Å²) in [6, 6.07) is 5.15. The highest BCUT2D eigenvalue weighted by Gasteiger charge is 2.43. The summed E-state index contributed by atoms with van der Waals surface area (Å²) in [5.74, 6) is -4.26. The summed E-state index contributed by atoms with van der Waals surface area (Å²) in [6.45, 7) is 1.27. The van der Waals surface area contributed by atoms with Crippen LogP contribution in [-0.4, -0.2) is 39.7 Å². The van der Waals surface area contributed by atoms with Gasteiger partial charge < -0.3 is 14.6 Å². The number of anilines is 1. The number of hydrogen-bond acceptors (Lipinski definition) is 5. The van der Waals surface area contributed by atoms with Crippen LogP contribution in [0.4, 0.5) is 32.3 Å². The molecule has 0 bridgehead atoms. The van der Waals surface area contributed by atoms with Crippen LogP contribution >= 0.6 is 15.9 Å². The van der Waals surface area contributed by atoms with Gasteiger partial charge in [-0.25, -0.2) is 4.98 Å². The second-order valence-electron chi connectivity index (χ2n) is 8.76. The van der Waals surface area contributed by atoms with Crippen molar-refractivity contribution in [3.8, 4) is 0 Å². The Morgan fingerprint density at radius 3 is 2.40 bits per heavy atom. The number of nitrogens with one attached hydrogen (secondary N) is 1. The first-order valence-corrected chi connectivity index (χ1v) is 11.8. The van der Waals surface area contributed by atoms with Crippen LogP contribution in [0.5, 0.6) is 0 Å². The van der Waals surface area contributed by atoms with E-state index in [0.29, 0.717) is 26.1 Å². The van der Waals surface area contributed by atoms with Crippen LogP contribution < -0.4 is 4.90 Å². The summed E-state index contributed by atoms with van der Waals surface area (Å²) in [4.78, 5) is 14.4. The summed E-state index contributed by atoms with van der Waals surface area (Å²) in [6.07, 6.45) is -7.75. The average Bonchev–Trinajstić information content (AvgIpc) is 3.17. The lowest BCUT2D eigenvalue weighted by molar-refractivity contribution is -0.155. The van der Waals surface area contributed by atoms with Crippen molar-refractivity contribution in [1.82, 2.24) is 19.9 Å². The van der Waals surface area contributed by atoms with Crippen LogP contribution in [0.1, 0.15) is 48.2 Å². The molecule has 0 amide bonds. The number of aromatic nitrogens is 4. The van der Waals surface area contributed by atoms with Gasteiger partial charge in [0.1, 0.15) is 0 Å². The third-order valence-corrected chi connectivity index (χ3v) is 6.91. The molecule has 188 valence electrons. The molecule has 35 heavy (non-hydrogen) atoms. The third-order valence-electron chi connectivity index (χ3n) is 6.41. The highest BCUT2D eigenvalue weighted by molar-refractivity contribution is 9.10. The summed E-state index contributed by atoms with van der Waals surface area (Å²) in [5.41, 5.74) is 2.57. The van der Waals surface area contributed by atoms with E-state index >= 15 is 0 Å². The van der Waals surface area contributed by atoms with Gasteiger partial charge >= 0.3 is 12.4 Å². The molecule has 4 heterocycles. The number of hydrogen-bond donors (Lipinski definition) is 1. The van der Waals surface area contributed by atoms with Gasteiger partial charge in [0.25, 0.3) is 0 Å². The SMILES string of the molecule is FC(F)(F)c1nc(N2CCc3c([nH]c4ccc(Br)cc34)[C@@H]2C[C@H]2CCCOC2)nc(C(F)(F)F)n1. The molecule has 3 aromatic rings. The summed E-state index contributed by atoms with van der Waals surface area (Å²) in [5, 5.41) is 0.960. The quantitative estimate of drug-likeness (QED) is 0.391. The monoisotopic (exact) mass is 563 g/mol. The normalized spacial score (nSPS) is 21.4. The number of alkyl halides is 6. The molecule has 6 nitrogen and oxygen atoms in total. The van der Waals surface area contributed by atoms with E-state index in [1.54, 1.807) is 0 Å². The predicted octanol–water partition coefficient (Wildman–Crippen LogP) is 6.07. The number of nitrogens with zero attached hydrogens (tertiary/aromatic N) is 4. The van der Waals surface area contributed by atoms with Crippen LogP contribution in [0.15, 0.2) is 22.7 Å². The Kier molecular flexibility index (Phi) is 6.19. The maximum Gasteiger partial charge on any atom is 0.451 e. The third kappa shape index (κ3) is 4.84. The number of aromatic amines is 1. The predicted molar refractivity (Wildman–Crippen MR) is 118 cm³/mol. The topological polar surface area (TPSA) is 66.9 Å². The Morgan fingerprint density at radius 2 is 1.77 bits per heavy atom. The first-order valence-electron chi connectivity index (χ1n) is 11.1. The Bertz CT molecular complexity index is 1210. The number of H-pyrrole nitrogens is 1. The fourth-order valence-electron chi connectivity index (χ4n) is 4.88. The van der Waals surface area contributed by atoms with Crippen molar-refractivity contribution in [3.05, 3.63) is 45.6 Å². The number of ether oxygens (including phenoxy) is 1. The van der Waals surface area contributed by atoms with Gasteiger partial charge in [-0.3, -0.25) is 0 Å². The minimum absolute atomic E-state index is 0.0892. The Labute approximate surface area is 204 Å². The minimum Gasteiger partial charge on any atom is -0.381 e. The van der Waals surface area contributed by atoms with E-state index < -0.39 is 36.0 Å². The minimum atomic E-state index is -5.15. The summed E-state index contributed by atoms with van der Waals surface area (Å²) in [7, 11) is 0. The van der Waals surface area contributed by atoms with Crippen LogP contribution in [0.25, 0.3) is 10.9 Å². The van der Waals surface area contributed by atoms with Gasteiger partial charge in [-0.15, -0.1) is 0 Å². The Balaban J connectivity index is 1.63. The van der Waals surface area contributed by atoms with E-state index in [0.717, 1.165) is 39.5 Å². The molecular weight excluding hydrogens is 544 g/mol. The lowest BCUT2D eigenvalue weighted by Crippen LogP contribution is -2.39. The molecule has 2 atom stereocenters. The summed E-state index contributed by atoms with van der Waals surface area (Å²) < 4.78 is 87.0. The number of fused-ring (bicyclic) bond motifs is 3. The first-order chi connectivity index (χ1) is 16.5. The van der Waals surface area contributed by atoms with Crippen molar-refractivity contribution >= 4 is 32.8 Å². The van der Waals surface area contributed by atoms with Gasteiger partial charge in [0.05, 0.1) is 6.04 Å². The van der Waals surface area contributed by atoms with Crippen molar-refractivity contribution in [2.45, 2.75) is 44.1 Å². The van der Waals surface area contributed by atoms with E-state index in [9.17, 15) is 26.3 Å². The number of halogens is 7. The van der Waals surface area contributed by atoms with Gasteiger partial charge in [0.15, 0.2) is 0 Å². The molecule has 2 aliphatic heterocycles. The maximum absolute atomic E-state index is 13.4. The van der Waals surface area contributed by atoms with Crippen molar-refractivity contribution in [1.29, 1.82) is 0 Å². The molecule has 0 saturated carbocycles. The Hall–Kier alpha value is -2.41. The fourth-order valence-corrected chi connectivity index (χ4v) is 5.24. The molecular formula is C22H20BrF6N5O. The zero-order valence-corrected chi connectivity index (χ0v) is 19.8. The van der Waals surface area contributed by atoms with Crippen molar-refractivity contribution < 1.29 is 31.1 Å². The Morgan fingerprint density at radius 1 is 1.06 bits per heavy atom. The molecule has 0 spiro atoms. The highest BCUT2D eigenvalue weighted by Crippen LogP contribution is 2.42. The lowest BCUT2D eigenvalue weighted by Gasteiger charge is -2.38. The molecule has 2 aliphatic rings. The zero-order chi connectivity index (χ0) is 25.0. The van der Waals surface area contributed by atoms with E-state index in [1.807, 2.05) is 18.2 Å². The molecule has 0 aliphatic carbocycles. The zero-order valence-electron chi connectivity index (χ0n) is 18.2. The standard InChI is InChI=1S/C22H20BrF6N5O/c23-12-3-4-15-14(9-12)13-5-6-34(16(17(13)30-15)8-11-2-1-7-35-10-11)20-32-18(21(24,25)26)31-19(33-20)22(27,28)29/h3-4,9,11,16,30H,1-2,5-8,10H2/t11-,16+/m1/s1. The number of benzene rings is 1. The van der Waals surface area contributed by atoms with E-state index in [1.165, 1.54) is 4.90 Å². The average molecular weight is 564 g/mol. The van der Waals surface area contributed by atoms with Gasteiger partial charge in [-0.2, -0.15) is 36.3 Å². The molecule has 0 radical (unpaired) electrons. The fraction of sp³-hybridized carbons (Fsp3) is 0.500.